The van der Waals surface area contributed by atoms with Crippen molar-refractivity contribution in [2.24, 2.45) is 11.7 Å². The Bertz CT molecular complexity index is 617. The predicted octanol–water partition coefficient (Wildman–Crippen LogP) is 4.37. The Hall–Kier alpha value is -1.60. The lowest BCUT2D eigenvalue weighted by Crippen LogP contribution is -2.24. The van der Waals surface area contributed by atoms with Gasteiger partial charge in [-0.3, -0.25) is 0 Å². The molecule has 1 saturated carbocycles. The molecule has 0 aliphatic heterocycles. The fourth-order valence-corrected chi connectivity index (χ4v) is 4.01. The van der Waals surface area contributed by atoms with Gasteiger partial charge in [0, 0.05) is 6.04 Å². The van der Waals surface area contributed by atoms with Gasteiger partial charge >= 0.3 is 0 Å². The molecule has 1 nitrogen and oxygen atoms in total. The normalized spacial score (nSPS) is 20.0. The summed E-state index contributed by atoms with van der Waals surface area (Å²) >= 11 is 0. The summed E-state index contributed by atoms with van der Waals surface area (Å²) < 4.78 is 0. The molecule has 2 aliphatic carbocycles. The molecule has 0 spiro atoms. The monoisotopic (exact) mass is 277 g/mol. The summed E-state index contributed by atoms with van der Waals surface area (Å²) in [6.45, 7) is 0. The molecular weight excluding hydrogens is 254 g/mol. The standard InChI is InChI=1S/C20H23N/c21-20(17-12-15-6-1-2-7-16(15)13-17)19-11-4-3-10-18(19)14-8-5-9-14/h1-4,6-7,10-11,14,17,20H,5,8-9,12-13,21H2. The van der Waals surface area contributed by atoms with Crippen molar-refractivity contribution in [1.82, 2.24) is 0 Å². The van der Waals surface area contributed by atoms with Crippen LogP contribution >= 0.6 is 0 Å². The second kappa shape index (κ2) is 5.31. The van der Waals surface area contributed by atoms with E-state index >= 15 is 0 Å². The highest BCUT2D eigenvalue weighted by molar-refractivity contribution is 5.38. The highest BCUT2D eigenvalue weighted by Gasteiger charge is 2.30. The van der Waals surface area contributed by atoms with E-state index in [0.717, 1.165) is 18.8 Å². The van der Waals surface area contributed by atoms with Gasteiger partial charge in [-0.1, -0.05) is 55.0 Å². The third kappa shape index (κ3) is 2.30. The van der Waals surface area contributed by atoms with Crippen LogP contribution in [0, 0.1) is 5.92 Å². The first-order valence-corrected chi connectivity index (χ1v) is 8.24. The van der Waals surface area contributed by atoms with E-state index in [-0.39, 0.29) is 6.04 Å². The first-order valence-electron chi connectivity index (χ1n) is 8.24. The van der Waals surface area contributed by atoms with Crippen molar-refractivity contribution in [3.05, 3.63) is 70.8 Å². The van der Waals surface area contributed by atoms with Crippen LogP contribution < -0.4 is 5.73 Å². The number of benzene rings is 2. The maximum Gasteiger partial charge on any atom is 0.0332 e. The van der Waals surface area contributed by atoms with Gasteiger partial charge in [-0.2, -0.15) is 0 Å². The molecule has 0 bridgehead atoms. The van der Waals surface area contributed by atoms with Gasteiger partial charge in [0.15, 0.2) is 0 Å². The summed E-state index contributed by atoms with van der Waals surface area (Å²) in [6.07, 6.45) is 6.33. The van der Waals surface area contributed by atoms with Crippen molar-refractivity contribution in [2.45, 2.75) is 44.1 Å². The Morgan fingerprint density at radius 3 is 2.10 bits per heavy atom. The van der Waals surface area contributed by atoms with Crippen LogP contribution in [0.25, 0.3) is 0 Å². The van der Waals surface area contributed by atoms with Crippen molar-refractivity contribution in [3.63, 3.8) is 0 Å². The quantitative estimate of drug-likeness (QED) is 0.886. The lowest BCUT2D eigenvalue weighted by Gasteiger charge is -2.31. The Kier molecular flexibility index (Phi) is 3.31. The van der Waals surface area contributed by atoms with E-state index in [1.807, 2.05) is 0 Å². The molecule has 21 heavy (non-hydrogen) atoms. The zero-order chi connectivity index (χ0) is 14.2. The molecule has 2 aromatic rings. The maximum absolute atomic E-state index is 6.70. The van der Waals surface area contributed by atoms with Gasteiger partial charge in [0.2, 0.25) is 0 Å². The van der Waals surface area contributed by atoms with Gasteiger partial charge < -0.3 is 5.73 Å². The molecule has 1 unspecified atom stereocenters. The van der Waals surface area contributed by atoms with Crippen LogP contribution in [-0.2, 0) is 12.8 Å². The summed E-state index contributed by atoms with van der Waals surface area (Å²) in [5.41, 5.74) is 12.6. The van der Waals surface area contributed by atoms with Crippen LogP contribution in [0.1, 0.15) is 53.5 Å². The van der Waals surface area contributed by atoms with E-state index in [0.29, 0.717) is 5.92 Å². The van der Waals surface area contributed by atoms with Crippen molar-refractivity contribution < 1.29 is 0 Å². The summed E-state index contributed by atoms with van der Waals surface area (Å²) in [7, 11) is 0. The van der Waals surface area contributed by atoms with Gasteiger partial charge in [0.1, 0.15) is 0 Å². The van der Waals surface area contributed by atoms with E-state index in [2.05, 4.69) is 48.5 Å². The van der Waals surface area contributed by atoms with Gasteiger partial charge in [0.25, 0.3) is 0 Å². The lowest BCUT2D eigenvalue weighted by atomic mass is 9.75. The molecule has 2 aromatic carbocycles. The second-order valence-electron chi connectivity index (χ2n) is 6.72. The van der Waals surface area contributed by atoms with E-state index in [4.69, 9.17) is 5.73 Å². The van der Waals surface area contributed by atoms with Crippen molar-refractivity contribution in [3.8, 4) is 0 Å². The predicted molar refractivity (Wildman–Crippen MR) is 87.3 cm³/mol. The van der Waals surface area contributed by atoms with Crippen LogP contribution in [0.4, 0.5) is 0 Å². The number of rotatable bonds is 3. The molecule has 4 rings (SSSR count). The molecule has 1 heteroatoms. The molecule has 1 atom stereocenters. The van der Waals surface area contributed by atoms with Crippen molar-refractivity contribution >= 4 is 0 Å². The van der Waals surface area contributed by atoms with Crippen molar-refractivity contribution in [1.29, 1.82) is 0 Å². The fourth-order valence-electron chi connectivity index (χ4n) is 4.01. The molecular formula is C20H23N. The zero-order valence-electron chi connectivity index (χ0n) is 12.5. The summed E-state index contributed by atoms with van der Waals surface area (Å²) in [4.78, 5) is 0. The number of fused-ring (bicyclic) bond motifs is 1. The topological polar surface area (TPSA) is 26.0 Å². The summed E-state index contributed by atoms with van der Waals surface area (Å²) in [5.74, 6) is 1.32. The zero-order valence-corrected chi connectivity index (χ0v) is 12.5. The molecule has 0 aromatic heterocycles. The SMILES string of the molecule is NC(c1ccccc1C1CCC1)C1Cc2ccccc2C1. The Morgan fingerprint density at radius 2 is 1.48 bits per heavy atom. The number of nitrogens with two attached hydrogens (primary N) is 1. The Labute approximate surface area is 127 Å². The van der Waals surface area contributed by atoms with Gasteiger partial charge in [-0.25, -0.2) is 0 Å². The fraction of sp³-hybridized carbons (Fsp3) is 0.400. The number of hydrogen-bond donors (Lipinski definition) is 1. The van der Waals surface area contributed by atoms with Crippen molar-refractivity contribution in [2.75, 3.05) is 0 Å². The lowest BCUT2D eigenvalue weighted by molar-refractivity contribution is 0.402. The highest BCUT2D eigenvalue weighted by atomic mass is 14.7. The second-order valence-corrected chi connectivity index (χ2v) is 6.72. The van der Waals surface area contributed by atoms with Crippen LogP contribution in [0.2, 0.25) is 0 Å². The number of hydrogen-bond acceptors (Lipinski definition) is 1. The molecule has 2 N–H and O–H groups in total. The third-order valence-corrected chi connectivity index (χ3v) is 5.49. The van der Waals surface area contributed by atoms with Gasteiger partial charge in [-0.05, 0) is 59.8 Å². The van der Waals surface area contributed by atoms with E-state index in [1.165, 1.54) is 41.5 Å². The third-order valence-electron chi connectivity index (χ3n) is 5.49. The molecule has 0 heterocycles. The molecule has 0 radical (unpaired) electrons. The van der Waals surface area contributed by atoms with Crippen LogP contribution in [0.15, 0.2) is 48.5 Å². The molecule has 108 valence electrons. The molecule has 1 fully saturated rings. The minimum absolute atomic E-state index is 0.175. The van der Waals surface area contributed by atoms with E-state index in [1.54, 1.807) is 0 Å². The molecule has 2 aliphatic rings. The maximum atomic E-state index is 6.70. The Morgan fingerprint density at radius 1 is 0.857 bits per heavy atom. The van der Waals surface area contributed by atoms with Crippen LogP contribution in [0.5, 0.6) is 0 Å². The average Bonchev–Trinajstić information content (AvgIpc) is 2.89. The van der Waals surface area contributed by atoms with Crippen LogP contribution in [0.3, 0.4) is 0 Å². The molecule has 0 saturated heterocycles. The minimum atomic E-state index is 0.175. The van der Waals surface area contributed by atoms with Gasteiger partial charge in [0.05, 0.1) is 0 Å². The van der Waals surface area contributed by atoms with E-state index < -0.39 is 0 Å². The highest BCUT2D eigenvalue weighted by Crippen LogP contribution is 2.42. The molecule has 0 amide bonds. The first-order chi connectivity index (χ1) is 10.3. The van der Waals surface area contributed by atoms with Crippen LogP contribution in [-0.4, -0.2) is 0 Å². The summed E-state index contributed by atoms with van der Waals surface area (Å²) in [6, 6.07) is 17.9. The minimum Gasteiger partial charge on any atom is -0.324 e. The largest absolute Gasteiger partial charge is 0.324 e. The smallest absolute Gasteiger partial charge is 0.0332 e. The van der Waals surface area contributed by atoms with Gasteiger partial charge in [-0.15, -0.1) is 0 Å². The Balaban J connectivity index is 1.60. The average molecular weight is 277 g/mol. The first kappa shape index (κ1) is 13.1. The van der Waals surface area contributed by atoms with E-state index in [9.17, 15) is 0 Å². The summed E-state index contributed by atoms with van der Waals surface area (Å²) in [5, 5.41) is 0.